The molecule has 1 amide bonds. The zero-order chi connectivity index (χ0) is 20.4. The molecular weight excluding hydrogens is 372 g/mol. The first kappa shape index (κ1) is 20.8. The summed E-state index contributed by atoms with van der Waals surface area (Å²) in [5.41, 5.74) is 1.48. The second kappa shape index (κ2) is 8.21. The Morgan fingerprint density at radius 2 is 1.89 bits per heavy atom. The van der Waals surface area contributed by atoms with Gasteiger partial charge in [0.25, 0.3) is 0 Å². The van der Waals surface area contributed by atoms with Crippen LogP contribution in [0.1, 0.15) is 45.1 Å². The predicted molar refractivity (Wildman–Crippen MR) is 113 cm³/mol. The Morgan fingerprint density at radius 3 is 2.46 bits per heavy atom. The molecule has 0 spiro atoms. The molecule has 0 saturated heterocycles. The molecule has 0 bridgehead atoms. The van der Waals surface area contributed by atoms with Crippen molar-refractivity contribution in [1.82, 2.24) is 10.0 Å². The molecule has 1 fully saturated rings. The van der Waals surface area contributed by atoms with Crippen molar-refractivity contribution >= 4 is 21.5 Å². The average molecular weight is 403 g/mol. The topological polar surface area (TPSA) is 75.3 Å². The largest absolute Gasteiger partial charge is 0.358 e. The first-order valence-electron chi connectivity index (χ1n) is 9.98. The van der Waals surface area contributed by atoms with Crippen LogP contribution in [0.2, 0.25) is 0 Å². The standard InChI is InChI=1S/C22H30N2O3S/c1-16(2)28(26,27)24-20-11-7-10-19(20)22(21(25)23-3)14-12-18(13-15-22)17-8-5-4-6-9-17/h4-6,8-9,12-14,16,19-20,24H,7,10-11,15H2,1-3H3,(H,23,25). The molecule has 0 aromatic heterocycles. The summed E-state index contributed by atoms with van der Waals surface area (Å²) in [5.74, 6) is -0.112. The van der Waals surface area contributed by atoms with E-state index in [0.29, 0.717) is 6.42 Å². The smallest absolute Gasteiger partial charge is 0.230 e. The van der Waals surface area contributed by atoms with Gasteiger partial charge in [0.2, 0.25) is 15.9 Å². The number of hydrogen-bond acceptors (Lipinski definition) is 3. The number of allylic oxidation sites excluding steroid dienone is 3. The second-order valence-corrected chi connectivity index (χ2v) is 10.3. The molecule has 2 aliphatic carbocycles. The average Bonchev–Trinajstić information content (AvgIpc) is 3.16. The van der Waals surface area contributed by atoms with Crippen molar-refractivity contribution in [3.8, 4) is 0 Å². The number of sulfonamides is 1. The molecule has 0 radical (unpaired) electrons. The minimum atomic E-state index is -3.39. The minimum absolute atomic E-state index is 0.0484. The summed E-state index contributed by atoms with van der Waals surface area (Å²) < 4.78 is 27.8. The monoisotopic (exact) mass is 402 g/mol. The molecule has 28 heavy (non-hydrogen) atoms. The molecule has 3 unspecified atom stereocenters. The van der Waals surface area contributed by atoms with Crippen molar-refractivity contribution in [3.63, 3.8) is 0 Å². The van der Waals surface area contributed by atoms with Crippen LogP contribution in [0.15, 0.2) is 48.6 Å². The third-order valence-electron chi connectivity index (χ3n) is 6.09. The van der Waals surface area contributed by atoms with Crippen molar-refractivity contribution in [3.05, 3.63) is 54.1 Å². The van der Waals surface area contributed by atoms with E-state index in [0.717, 1.165) is 30.4 Å². The van der Waals surface area contributed by atoms with Gasteiger partial charge in [-0.1, -0.05) is 55.0 Å². The second-order valence-electron chi connectivity index (χ2n) is 8.04. The summed E-state index contributed by atoms with van der Waals surface area (Å²) in [6, 6.07) is 9.86. The number of benzene rings is 1. The van der Waals surface area contributed by atoms with Crippen molar-refractivity contribution < 1.29 is 13.2 Å². The lowest BCUT2D eigenvalue weighted by molar-refractivity contribution is -0.130. The van der Waals surface area contributed by atoms with Gasteiger partial charge in [-0.3, -0.25) is 4.79 Å². The van der Waals surface area contributed by atoms with Crippen molar-refractivity contribution in [1.29, 1.82) is 0 Å². The Balaban J connectivity index is 1.90. The van der Waals surface area contributed by atoms with E-state index < -0.39 is 20.7 Å². The van der Waals surface area contributed by atoms with E-state index in [2.05, 4.69) is 28.2 Å². The zero-order valence-corrected chi connectivity index (χ0v) is 17.6. The van der Waals surface area contributed by atoms with E-state index in [4.69, 9.17) is 0 Å². The third-order valence-corrected chi connectivity index (χ3v) is 7.96. The van der Waals surface area contributed by atoms with Crippen LogP contribution in [0.3, 0.4) is 0 Å². The highest BCUT2D eigenvalue weighted by atomic mass is 32.2. The zero-order valence-electron chi connectivity index (χ0n) is 16.8. The van der Waals surface area contributed by atoms with Crippen LogP contribution in [0.25, 0.3) is 5.57 Å². The quantitative estimate of drug-likeness (QED) is 0.767. The van der Waals surface area contributed by atoms with Crippen molar-refractivity contribution in [2.24, 2.45) is 11.3 Å². The summed E-state index contributed by atoms with van der Waals surface area (Å²) in [6.07, 6.45) is 9.20. The maximum Gasteiger partial charge on any atom is 0.230 e. The first-order valence-corrected chi connectivity index (χ1v) is 11.5. The van der Waals surface area contributed by atoms with E-state index >= 15 is 0 Å². The van der Waals surface area contributed by atoms with E-state index in [1.165, 1.54) is 0 Å². The van der Waals surface area contributed by atoms with Gasteiger partial charge in [0.05, 0.1) is 10.7 Å². The van der Waals surface area contributed by atoms with Gasteiger partial charge in [0, 0.05) is 13.1 Å². The van der Waals surface area contributed by atoms with Crippen LogP contribution in [-0.4, -0.2) is 32.7 Å². The van der Waals surface area contributed by atoms with Crippen LogP contribution < -0.4 is 10.0 Å². The van der Waals surface area contributed by atoms with E-state index in [-0.39, 0.29) is 17.9 Å². The van der Waals surface area contributed by atoms with Gasteiger partial charge in [0.1, 0.15) is 0 Å². The van der Waals surface area contributed by atoms with Gasteiger partial charge in [-0.05, 0) is 50.2 Å². The lowest BCUT2D eigenvalue weighted by Gasteiger charge is -2.39. The number of hydrogen-bond donors (Lipinski definition) is 2. The van der Waals surface area contributed by atoms with Gasteiger partial charge in [0.15, 0.2) is 0 Å². The van der Waals surface area contributed by atoms with Gasteiger partial charge in [-0.25, -0.2) is 13.1 Å². The van der Waals surface area contributed by atoms with Crippen LogP contribution in [0.5, 0.6) is 0 Å². The molecule has 3 rings (SSSR count). The number of amides is 1. The Morgan fingerprint density at radius 1 is 1.18 bits per heavy atom. The van der Waals surface area contributed by atoms with Crippen molar-refractivity contribution in [2.75, 3.05) is 7.05 Å². The first-order chi connectivity index (χ1) is 13.3. The van der Waals surface area contributed by atoms with Crippen molar-refractivity contribution in [2.45, 2.75) is 50.8 Å². The number of carbonyl (C=O) groups is 1. The maximum absolute atomic E-state index is 13.0. The van der Waals surface area contributed by atoms with Gasteiger partial charge >= 0.3 is 0 Å². The molecule has 0 aliphatic heterocycles. The Kier molecular flexibility index (Phi) is 6.10. The fourth-order valence-corrected chi connectivity index (χ4v) is 5.38. The molecule has 152 valence electrons. The SMILES string of the molecule is CNC(=O)C1(C2CCCC2NS(=O)(=O)C(C)C)C=CC(c2ccccc2)=CC1. The maximum atomic E-state index is 13.0. The summed E-state index contributed by atoms with van der Waals surface area (Å²) in [4.78, 5) is 13.0. The van der Waals surface area contributed by atoms with Gasteiger partial charge in [-0.2, -0.15) is 0 Å². The lowest BCUT2D eigenvalue weighted by atomic mass is 9.67. The van der Waals surface area contributed by atoms with Gasteiger partial charge in [-0.15, -0.1) is 0 Å². The molecule has 1 aromatic carbocycles. The molecule has 5 nitrogen and oxygen atoms in total. The highest BCUT2D eigenvalue weighted by Crippen LogP contribution is 2.47. The normalized spacial score (nSPS) is 27.6. The summed E-state index contributed by atoms with van der Waals surface area (Å²) >= 11 is 0. The van der Waals surface area contributed by atoms with E-state index in [1.807, 2.05) is 30.4 Å². The summed E-state index contributed by atoms with van der Waals surface area (Å²) in [6.45, 7) is 3.35. The highest BCUT2D eigenvalue weighted by molar-refractivity contribution is 7.90. The number of rotatable bonds is 6. The fraction of sp³-hybridized carbons (Fsp3) is 0.500. The minimum Gasteiger partial charge on any atom is -0.358 e. The fourth-order valence-electron chi connectivity index (χ4n) is 4.41. The van der Waals surface area contributed by atoms with Crippen LogP contribution in [-0.2, 0) is 14.8 Å². The highest BCUT2D eigenvalue weighted by Gasteiger charge is 2.49. The lowest BCUT2D eigenvalue weighted by Crippen LogP contribution is -2.51. The molecule has 3 atom stereocenters. The Bertz CT molecular complexity index is 874. The molecular formula is C22H30N2O3S. The van der Waals surface area contributed by atoms with Crippen LogP contribution in [0.4, 0.5) is 0 Å². The Hall–Kier alpha value is -1.92. The van der Waals surface area contributed by atoms with E-state index in [1.54, 1.807) is 20.9 Å². The summed E-state index contributed by atoms with van der Waals surface area (Å²) in [5, 5.41) is 2.33. The summed E-state index contributed by atoms with van der Waals surface area (Å²) in [7, 11) is -1.74. The third kappa shape index (κ3) is 3.94. The molecule has 6 heteroatoms. The molecule has 2 aliphatic rings. The molecule has 1 aromatic rings. The Labute approximate surface area is 168 Å². The molecule has 1 saturated carbocycles. The predicted octanol–water partition coefficient (Wildman–Crippen LogP) is 3.26. The van der Waals surface area contributed by atoms with Gasteiger partial charge < -0.3 is 5.32 Å². The number of carbonyl (C=O) groups excluding carboxylic acids is 1. The molecule has 2 N–H and O–H groups in total. The van der Waals surface area contributed by atoms with Crippen LogP contribution in [0, 0.1) is 11.3 Å². The molecule has 0 heterocycles. The van der Waals surface area contributed by atoms with E-state index in [9.17, 15) is 13.2 Å². The number of nitrogens with one attached hydrogen (secondary N) is 2. The van der Waals surface area contributed by atoms with Crippen LogP contribution >= 0.6 is 0 Å².